The molecule has 22 heavy (non-hydrogen) atoms. The molecule has 0 aliphatic heterocycles. The molecule has 0 unspecified atom stereocenters. The van der Waals surface area contributed by atoms with Gasteiger partial charge in [-0.05, 0) is 42.0 Å². The minimum atomic E-state index is 0.130. The van der Waals surface area contributed by atoms with Crippen molar-refractivity contribution < 1.29 is 9.53 Å². The van der Waals surface area contributed by atoms with Crippen molar-refractivity contribution >= 4 is 23.0 Å². The highest BCUT2D eigenvalue weighted by molar-refractivity contribution is 6.30. The third-order valence-electron chi connectivity index (χ3n) is 3.50. The first-order chi connectivity index (χ1) is 10.7. The van der Waals surface area contributed by atoms with Gasteiger partial charge in [0.05, 0.1) is 7.11 Å². The lowest BCUT2D eigenvalue weighted by Crippen LogP contribution is -2.15. The molecule has 2 aromatic rings. The quantitative estimate of drug-likeness (QED) is 0.780. The fraction of sp³-hybridized carbons (Fsp3) is 0.105. The number of methoxy groups -OCH3 is 1. The van der Waals surface area contributed by atoms with Gasteiger partial charge in [-0.1, -0.05) is 35.6 Å². The minimum Gasteiger partial charge on any atom is -0.497 e. The Labute approximate surface area is 134 Å². The van der Waals surface area contributed by atoms with Gasteiger partial charge in [-0.15, -0.1) is 0 Å². The Morgan fingerprint density at radius 1 is 1.00 bits per heavy atom. The van der Waals surface area contributed by atoms with Crippen LogP contribution in [0.1, 0.15) is 17.5 Å². The van der Waals surface area contributed by atoms with Crippen LogP contribution in [0.2, 0.25) is 5.02 Å². The molecule has 0 heterocycles. The fourth-order valence-corrected chi connectivity index (χ4v) is 2.41. The molecule has 0 radical (unpaired) electrons. The van der Waals surface area contributed by atoms with Gasteiger partial charge in [0, 0.05) is 28.2 Å². The smallest absolute Gasteiger partial charge is 0.169 e. The molecule has 0 aromatic heterocycles. The number of ether oxygens (including phenoxy) is 1. The number of benzene rings is 2. The first-order valence-electron chi connectivity index (χ1n) is 6.86. The summed E-state index contributed by atoms with van der Waals surface area (Å²) in [6, 6.07) is 14.8. The van der Waals surface area contributed by atoms with E-state index in [9.17, 15) is 4.79 Å². The SMILES string of the molecule is COc1ccc(C2=C(C#Cc3ccc(Cl)cc3)CC2=O)cc1. The summed E-state index contributed by atoms with van der Waals surface area (Å²) in [5, 5.41) is 0.683. The number of hydrogen-bond donors (Lipinski definition) is 0. The maximum absolute atomic E-state index is 11.9. The lowest BCUT2D eigenvalue weighted by atomic mass is 9.82. The summed E-state index contributed by atoms with van der Waals surface area (Å²) in [6.07, 6.45) is 0.405. The Bertz CT molecular complexity index is 803. The topological polar surface area (TPSA) is 26.3 Å². The van der Waals surface area contributed by atoms with Crippen molar-refractivity contribution in [3.05, 3.63) is 70.3 Å². The lowest BCUT2D eigenvalue weighted by molar-refractivity contribution is -0.114. The average molecular weight is 309 g/mol. The molecular weight excluding hydrogens is 296 g/mol. The molecule has 0 bridgehead atoms. The predicted octanol–water partition coefficient (Wildman–Crippen LogP) is 4.13. The molecule has 108 valence electrons. The Balaban J connectivity index is 1.90. The number of carbonyl (C=O) groups excluding carboxylic acids is 1. The monoisotopic (exact) mass is 308 g/mol. The van der Waals surface area contributed by atoms with Gasteiger partial charge in [0.2, 0.25) is 0 Å². The largest absolute Gasteiger partial charge is 0.497 e. The van der Waals surface area contributed by atoms with Gasteiger partial charge in [0.1, 0.15) is 5.75 Å². The highest BCUT2D eigenvalue weighted by Gasteiger charge is 2.27. The summed E-state index contributed by atoms with van der Waals surface area (Å²) in [5.74, 6) is 7.07. The minimum absolute atomic E-state index is 0.130. The maximum Gasteiger partial charge on any atom is 0.169 e. The van der Waals surface area contributed by atoms with Gasteiger partial charge in [-0.25, -0.2) is 0 Å². The van der Waals surface area contributed by atoms with Crippen molar-refractivity contribution in [2.45, 2.75) is 6.42 Å². The van der Waals surface area contributed by atoms with Crippen LogP contribution in [-0.2, 0) is 4.79 Å². The second-order valence-electron chi connectivity index (χ2n) is 4.94. The Kier molecular flexibility index (Phi) is 4.00. The van der Waals surface area contributed by atoms with Crippen LogP contribution in [0.5, 0.6) is 5.75 Å². The molecule has 0 amide bonds. The van der Waals surface area contributed by atoms with E-state index in [-0.39, 0.29) is 5.78 Å². The number of allylic oxidation sites excluding steroid dienone is 2. The van der Waals surface area contributed by atoms with E-state index in [0.29, 0.717) is 17.0 Å². The Morgan fingerprint density at radius 3 is 2.27 bits per heavy atom. The van der Waals surface area contributed by atoms with Gasteiger partial charge in [0.15, 0.2) is 5.78 Å². The molecule has 0 N–H and O–H groups in total. The number of hydrogen-bond acceptors (Lipinski definition) is 2. The molecule has 3 heteroatoms. The van der Waals surface area contributed by atoms with Crippen molar-refractivity contribution in [3.63, 3.8) is 0 Å². The summed E-state index contributed by atoms with van der Waals surface area (Å²) in [4.78, 5) is 11.9. The highest BCUT2D eigenvalue weighted by atomic mass is 35.5. The van der Waals surface area contributed by atoms with Gasteiger partial charge < -0.3 is 4.74 Å². The number of ketones is 1. The third-order valence-corrected chi connectivity index (χ3v) is 3.75. The van der Waals surface area contributed by atoms with E-state index in [1.54, 1.807) is 19.2 Å². The van der Waals surface area contributed by atoms with E-state index in [1.807, 2.05) is 36.4 Å². The van der Waals surface area contributed by atoms with E-state index >= 15 is 0 Å². The summed E-state index contributed by atoms with van der Waals surface area (Å²) in [5.41, 5.74) is 3.36. The van der Waals surface area contributed by atoms with Crippen LogP contribution >= 0.6 is 11.6 Å². The molecule has 0 saturated heterocycles. The third kappa shape index (κ3) is 2.90. The van der Waals surface area contributed by atoms with Crippen molar-refractivity contribution in [2.24, 2.45) is 0 Å². The van der Waals surface area contributed by atoms with E-state index in [1.165, 1.54) is 0 Å². The van der Waals surface area contributed by atoms with Crippen LogP contribution in [0.25, 0.3) is 5.57 Å². The zero-order valence-corrected chi connectivity index (χ0v) is 12.8. The van der Waals surface area contributed by atoms with Gasteiger partial charge in [0.25, 0.3) is 0 Å². The molecule has 1 aliphatic carbocycles. The fourth-order valence-electron chi connectivity index (χ4n) is 2.28. The average Bonchev–Trinajstić information content (AvgIpc) is 2.53. The van der Waals surface area contributed by atoms with Crippen molar-refractivity contribution in [1.29, 1.82) is 0 Å². The van der Waals surface area contributed by atoms with Gasteiger partial charge in [-0.3, -0.25) is 4.79 Å². The zero-order valence-electron chi connectivity index (χ0n) is 12.0. The molecular formula is C19H13ClO2. The molecule has 1 aliphatic rings. The van der Waals surface area contributed by atoms with Gasteiger partial charge >= 0.3 is 0 Å². The second-order valence-corrected chi connectivity index (χ2v) is 5.38. The maximum atomic E-state index is 11.9. The molecule has 2 nitrogen and oxygen atoms in total. The van der Waals surface area contributed by atoms with Crippen LogP contribution in [0.3, 0.4) is 0 Å². The number of carbonyl (C=O) groups is 1. The van der Waals surface area contributed by atoms with E-state index in [2.05, 4.69) is 11.8 Å². The molecule has 0 fully saturated rings. The summed E-state index contributed by atoms with van der Waals surface area (Å²) in [7, 11) is 1.62. The highest BCUT2D eigenvalue weighted by Crippen LogP contribution is 2.33. The summed E-state index contributed by atoms with van der Waals surface area (Å²) < 4.78 is 5.13. The first-order valence-corrected chi connectivity index (χ1v) is 7.23. The van der Waals surface area contributed by atoms with Crippen LogP contribution in [0.4, 0.5) is 0 Å². The van der Waals surface area contributed by atoms with Crippen molar-refractivity contribution in [3.8, 4) is 17.6 Å². The second kappa shape index (κ2) is 6.09. The lowest BCUT2D eigenvalue weighted by Gasteiger charge is -2.18. The Hall–Kier alpha value is -2.50. The summed E-state index contributed by atoms with van der Waals surface area (Å²) in [6.45, 7) is 0. The number of halogens is 1. The van der Waals surface area contributed by atoms with Crippen LogP contribution in [0.15, 0.2) is 54.1 Å². The standard InChI is InChI=1S/C19H13ClO2/c1-22-17-10-6-14(7-11-17)19-15(12-18(19)21)5-2-13-3-8-16(20)9-4-13/h3-4,6-11H,12H2,1H3. The van der Waals surface area contributed by atoms with Crippen molar-refractivity contribution in [1.82, 2.24) is 0 Å². The Morgan fingerprint density at radius 2 is 1.68 bits per heavy atom. The molecule has 0 spiro atoms. The number of Topliss-reactive ketones (excluding diaryl/α,β-unsaturated/α-hetero) is 1. The molecule has 2 aromatic carbocycles. The predicted molar refractivity (Wildman–Crippen MR) is 87.9 cm³/mol. The molecule has 0 saturated carbocycles. The normalized spacial score (nSPS) is 13.3. The van der Waals surface area contributed by atoms with Crippen molar-refractivity contribution in [2.75, 3.05) is 7.11 Å². The van der Waals surface area contributed by atoms with Crippen LogP contribution in [0, 0.1) is 11.8 Å². The molecule has 0 atom stereocenters. The molecule has 3 rings (SSSR count). The zero-order chi connectivity index (χ0) is 15.5. The van der Waals surface area contributed by atoms with E-state index < -0.39 is 0 Å². The van der Waals surface area contributed by atoms with Crippen LogP contribution < -0.4 is 4.74 Å². The first kappa shape index (κ1) is 14.4. The number of rotatable bonds is 2. The van der Waals surface area contributed by atoms with Crippen LogP contribution in [-0.4, -0.2) is 12.9 Å². The van der Waals surface area contributed by atoms with Gasteiger partial charge in [-0.2, -0.15) is 0 Å². The summed E-state index contributed by atoms with van der Waals surface area (Å²) >= 11 is 5.85. The van der Waals surface area contributed by atoms with E-state index in [4.69, 9.17) is 16.3 Å². The van der Waals surface area contributed by atoms with E-state index in [0.717, 1.165) is 22.4 Å².